The van der Waals surface area contributed by atoms with Crippen molar-refractivity contribution >= 4 is 11.6 Å². The summed E-state index contributed by atoms with van der Waals surface area (Å²) in [6, 6.07) is 14.8. The van der Waals surface area contributed by atoms with Crippen LogP contribution in [-0.4, -0.2) is 16.9 Å². The molecule has 1 aliphatic rings. The zero-order valence-corrected chi connectivity index (χ0v) is 12.4. The molecule has 1 heterocycles. The molecule has 0 N–H and O–H groups in total. The van der Waals surface area contributed by atoms with E-state index in [4.69, 9.17) is 11.6 Å². The Morgan fingerprint density at radius 3 is 2.55 bits per heavy atom. The van der Waals surface area contributed by atoms with E-state index in [0.29, 0.717) is 6.04 Å². The van der Waals surface area contributed by atoms with Gasteiger partial charge in [0.05, 0.1) is 5.69 Å². The van der Waals surface area contributed by atoms with E-state index in [1.54, 1.807) is 0 Å². The van der Waals surface area contributed by atoms with Gasteiger partial charge in [0, 0.05) is 23.8 Å². The molecule has 1 aromatic carbocycles. The van der Waals surface area contributed by atoms with Crippen LogP contribution in [0, 0.1) is 5.92 Å². The van der Waals surface area contributed by atoms with Crippen molar-refractivity contribution in [3.8, 4) is 0 Å². The van der Waals surface area contributed by atoms with Gasteiger partial charge in [-0.25, -0.2) is 0 Å². The third kappa shape index (κ3) is 3.20. The van der Waals surface area contributed by atoms with Crippen LogP contribution in [-0.2, 0) is 6.54 Å². The van der Waals surface area contributed by atoms with Crippen molar-refractivity contribution in [3.05, 3.63) is 64.9 Å². The zero-order valence-electron chi connectivity index (χ0n) is 11.7. The number of benzene rings is 1. The Hall–Kier alpha value is -1.38. The van der Waals surface area contributed by atoms with Crippen LogP contribution >= 0.6 is 11.6 Å². The molecule has 1 aliphatic carbocycles. The summed E-state index contributed by atoms with van der Waals surface area (Å²) in [4.78, 5) is 6.83. The highest BCUT2D eigenvalue weighted by molar-refractivity contribution is 6.30. The van der Waals surface area contributed by atoms with Crippen LogP contribution < -0.4 is 0 Å². The Balaban J connectivity index is 1.78. The summed E-state index contributed by atoms with van der Waals surface area (Å²) in [5.74, 6) is 0.768. The first-order chi connectivity index (χ1) is 9.74. The summed E-state index contributed by atoms with van der Waals surface area (Å²) in [6.07, 6.45) is 4.50. The monoisotopic (exact) mass is 286 g/mol. The minimum absolute atomic E-state index is 0.467. The molecular weight excluding hydrogens is 268 g/mol. The van der Waals surface area contributed by atoms with E-state index in [1.807, 2.05) is 30.5 Å². The van der Waals surface area contributed by atoms with Gasteiger partial charge in [-0.1, -0.05) is 29.8 Å². The average molecular weight is 287 g/mol. The SMILES string of the molecule is CN(Cc1ccccn1)C(c1ccc(Cl)cc1)C1CC1. The van der Waals surface area contributed by atoms with Gasteiger partial charge in [-0.15, -0.1) is 0 Å². The molecule has 2 aromatic rings. The maximum atomic E-state index is 6.00. The largest absolute Gasteiger partial charge is 0.293 e. The quantitative estimate of drug-likeness (QED) is 0.814. The number of halogens is 1. The Morgan fingerprint density at radius 2 is 1.95 bits per heavy atom. The number of aromatic nitrogens is 1. The predicted molar refractivity (Wildman–Crippen MR) is 82.6 cm³/mol. The predicted octanol–water partition coefficient (Wildman–Crippen LogP) is 4.32. The second kappa shape index (κ2) is 5.94. The lowest BCUT2D eigenvalue weighted by atomic mass is 10.0. The molecule has 0 radical (unpaired) electrons. The number of nitrogens with zero attached hydrogens (tertiary/aromatic N) is 2. The van der Waals surface area contributed by atoms with Crippen molar-refractivity contribution in [1.29, 1.82) is 0 Å². The highest BCUT2D eigenvalue weighted by atomic mass is 35.5. The highest BCUT2D eigenvalue weighted by Gasteiger charge is 2.34. The molecule has 0 saturated heterocycles. The zero-order chi connectivity index (χ0) is 13.9. The molecule has 2 nitrogen and oxygen atoms in total. The van der Waals surface area contributed by atoms with Crippen molar-refractivity contribution < 1.29 is 0 Å². The second-order valence-electron chi connectivity index (χ2n) is 5.57. The Morgan fingerprint density at radius 1 is 1.20 bits per heavy atom. The van der Waals surface area contributed by atoms with E-state index in [-0.39, 0.29) is 0 Å². The van der Waals surface area contributed by atoms with Crippen molar-refractivity contribution in [2.75, 3.05) is 7.05 Å². The first-order valence-corrected chi connectivity index (χ1v) is 7.47. The Bertz CT molecular complexity index is 549. The Labute approximate surface area is 125 Å². The summed E-state index contributed by atoms with van der Waals surface area (Å²) < 4.78 is 0. The van der Waals surface area contributed by atoms with Gasteiger partial charge in [-0.3, -0.25) is 9.88 Å². The molecule has 20 heavy (non-hydrogen) atoms. The first kappa shape index (κ1) is 13.6. The lowest BCUT2D eigenvalue weighted by molar-refractivity contribution is 0.210. The lowest BCUT2D eigenvalue weighted by Crippen LogP contribution is -2.26. The highest BCUT2D eigenvalue weighted by Crippen LogP contribution is 2.44. The van der Waals surface area contributed by atoms with E-state index in [9.17, 15) is 0 Å². The topological polar surface area (TPSA) is 16.1 Å². The van der Waals surface area contributed by atoms with Crippen molar-refractivity contribution in [2.24, 2.45) is 5.92 Å². The second-order valence-corrected chi connectivity index (χ2v) is 6.01. The van der Waals surface area contributed by atoms with E-state index in [2.05, 4.69) is 35.1 Å². The normalized spacial score (nSPS) is 16.4. The number of rotatable bonds is 5. The standard InChI is InChI=1S/C17H19ClN2/c1-20(12-16-4-2-3-11-19-16)17(13-5-6-13)14-7-9-15(18)10-8-14/h2-4,7-11,13,17H,5-6,12H2,1H3. The molecule has 1 aromatic heterocycles. The van der Waals surface area contributed by atoms with E-state index in [0.717, 1.165) is 23.2 Å². The molecule has 3 rings (SSSR count). The first-order valence-electron chi connectivity index (χ1n) is 7.09. The van der Waals surface area contributed by atoms with Crippen molar-refractivity contribution in [3.63, 3.8) is 0 Å². The summed E-state index contributed by atoms with van der Waals surface area (Å²) in [7, 11) is 2.19. The van der Waals surface area contributed by atoms with Crippen molar-refractivity contribution in [1.82, 2.24) is 9.88 Å². The third-order valence-corrected chi connectivity index (χ3v) is 4.14. The van der Waals surface area contributed by atoms with Crippen LogP contribution in [0.3, 0.4) is 0 Å². The molecule has 0 bridgehead atoms. The van der Waals surface area contributed by atoms with Crippen LogP contribution in [0.25, 0.3) is 0 Å². The van der Waals surface area contributed by atoms with Gasteiger partial charge in [0.1, 0.15) is 0 Å². The van der Waals surface area contributed by atoms with E-state index < -0.39 is 0 Å². The van der Waals surface area contributed by atoms with E-state index >= 15 is 0 Å². The van der Waals surface area contributed by atoms with Gasteiger partial charge < -0.3 is 0 Å². The summed E-state index contributed by atoms with van der Waals surface area (Å²) in [5.41, 5.74) is 2.48. The molecule has 1 unspecified atom stereocenters. The molecule has 1 atom stereocenters. The van der Waals surface area contributed by atoms with Crippen molar-refractivity contribution in [2.45, 2.75) is 25.4 Å². The molecule has 0 aliphatic heterocycles. The molecule has 3 heteroatoms. The van der Waals surface area contributed by atoms with Gasteiger partial charge in [0.15, 0.2) is 0 Å². The number of pyridine rings is 1. The molecule has 1 fully saturated rings. The summed E-state index contributed by atoms with van der Waals surface area (Å²) >= 11 is 6.00. The average Bonchev–Trinajstić information content (AvgIpc) is 3.27. The maximum absolute atomic E-state index is 6.00. The fourth-order valence-electron chi connectivity index (χ4n) is 2.80. The summed E-state index contributed by atoms with van der Waals surface area (Å²) in [5, 5.41) is 0.802. The van der Waals surface area contributed by atoms with Gasteiger partial charge in [0.25, 0.3) is 0 Å². The molecule has 1 saturated carbocycles. The van der Waals surface area contributed by atoms with Crippen LogP contribution in [0.4, 0.5) is 0 Å². The fraction of sp³-hybridized carbons (Fsp3) is 0.353. The minimum Gasteiger partial charge on any atom is -0.293 e. The fourth-order valence-corrected chi connectivity index (χ4v) is 2.93. The molecular formula is C17H19ClN2. The van der Waals surface area contributed by atoms with Crippen LogP contribution in [0.15, 0.2) is 48.7 Å². The van der Waals surface area contributed by atoms with Gasteiger partial charge in [0.2, 0.25) is 0 Å². The lowest BCUT2D eigenvalue weighted by Gasteiger charge is -2.28. The summed E-state index contributed by atoms with van der Waals surface area (Å²) in [6.45, 7) is 0.880. The van der Waals surface area contributed by atoms with Gasteiger partial charge >= 0.3 is 0 Å². The Kier molecular flexibility index (Phi) is 4.04. The smallest absolute Gasteiger partial charge is 0.0544 e. The van der Waals surface area contributed by atoms with Crippen LogP contribution in [0.2, 0.25) is 5.02 Å². The third-order valence-electron chi connectivity index (χ3n) is 3.89. The number of hydrogen-bond acceptors (Lipinski definition) is 2. The van der Waals surface area contributed by atoms with Gasteiger partial charge in [-0.2, -0.15) is 0 Å². The van der Waals surface area contributed by atoms with Gasteiger partial charge in [-0.05, 0) is 55.6 Å². The van der Waals surface area contributed by atoms with E-state index in [1.165, 1.54) is 18.4 Å². The minimum atomic E-state index is 0.467. The van der Waals surface area contributed by atoms with Crippen LogP contribution in [0.5, 0.6) is 0 Å². The number of hydrogen-bond donors (Lipinski definition) is 0. The maximum Gasteiger partial charge on any atom is 0.0544 e. The molecule has 0 spiro atoms. The van der Waals surface area contributed by atoms with Crippen LogP contribution in [0.1, 0.15) is 30.1 Å². The molecule has 0 amide bonds. The molecule has 104 valence electrons.